The van der Waals surface area contributed by atoms with Crippen LogP contribution in [-0.4, -0.2) is 19.9 Å². The molecule has 0 aliphatic carbocycles. The Kier molecular flexibility index (Phi) is 4.58. The van der Waals surface area contributed by atoms with Crippen LogP contribution in [0.3, 0.4) is 0 Å². The molecule has 2 aromatic carbocycles. The molecule has 0 bridgehead atoms. The molecule has 0 saturated carbocycles. The van der Waals surface area contributed by atoms with Gasteiger partial charge in [-0.2, -0.15) is 0 Å². The summed E-state index contributed by atoms with van der Waals surface area (Å²) in [5, 5.41) is 0. The standard InChI is InChI=1S/C16H16INO/c1-18(2)15-5-3-4-13(11-15)16(19)10-12-6-8-14(17)9-7-12/h3-9,11H,10H2,1-2H3. The third kappa shape index (κ3) is 3.80. The monoisotopic (exact) mass is 365 g/mol. The third-order valence-electron chi connectivity index (χ3n) is 2.96. The second-order valence-electron chi connectivity index (χ2n) is 4.67. The molecule has 0 radical (unpaired) electrons. The summed E-state index contributed by atoms with van der Waals surface area (Å²) in [6.45, 7) is 0. The number of nitrogens with zero attached hydrogens (tertiary/aromatic N) is 1. The summed E-state index contributed by atoms with van der Waals surface area (Å²) >= 11 is 2.26. The first kappa shape index (κ1) is 14.1. The Labute approximate surface area is 127 Å². The minimum atomic E-state index is 0.157. The van der Waals surface area contributed by atoms with Crippen LogP contribution in [0.2, 0.25) is 0 Å². The van der Waals surface area contributed by atoms with Gasteiger partial charge in [-0.05, 0) is 52.4 Å². The summed E-state index contributed by atoms with van der Waals surface area (Å²) in [6.07, 6.45) is 0.452. The lowest BCUT2D eigenvalue weighted by molar-refractivity contribution is 0.0993. The van der Waals surface area contributed by atoms with Crippen molar-refractivity contribution in [3.63, 3.8) is 0 Å². The van der Waals surface area contributed by atoms with E-state index >= 15 is 0 Å². The fourth-order valence-corrected chi connectivity index (χ4v) is 2.21. The predicted octanol–water partition coefficient (Wildman–Crippen LogP) is 3.78. The number of Topliss-reactive ketones (excluding diaryl/α,β-unsaturated/α-hetero) is 1. The largest absolute Gasteiger partial charge is 0.378 e. The number of ketones is 1. The zero-order valence-corrected chi connectivity index (χ0v) is 13.2. The van der Waals surface area contributed by atoms with Crippen LogP contribution in [0.1, 0.15) is 15.9 Å². The quantitative estimate of drug-likeness (QED) is 0.607. The Morgan fingerprint density at radius 3 is 2.42 bits per heavy atom. The summed E-state index contributed by atoms with van der Waals surface area (Å²) in [7, 11) is 3.95. The maximum Gasteiger partial charge on any atom is 0.167 e. The van der Waals surface area contributed by atoms with Crippen LogP contribution in [0.4, 0.5) is 5.69 Å². The molecule has 0 spiro atoms. The molecule has 0 aliphatic rings. The Morgan fingerprint density at radius 1 is 1.11 bits per heavy atom. The van der Waals surface area contributed by atoms with E-state index in [1.165, 1.54) is 3.57 Å². The van der Waals surface area contributed by atoms with E-state index in [1.54, 1.807) is 0 Å². The first-order valence-electron chi connectivity index (χ1n) is 6.11. The molecule has 0 heterocycles. The number of halogens is 1. The van der Waals surface area contributed by atoms with Gasteiger partial charge in [-0.3, -0.25) is 4.79 Å². The van der Waals surface area contributed by atoms with E-state index in [4.69, 9.17) is 0 Å². The number of rotatable bonds is 4. The van der Waals surface area contributed by atoms with Crippen molar-refractivity contribution in [1.29, 1.82) is 0 Å². The number of carbonyl (C=O) groups is 1. The predicted molar refractivity (Wildman–Crippen MR) is 88.0 cm³/mol. The van der Waals surface area contributed by atoms with Gasteiger partial charge in [0.05, 0.1) is 0 Å². The molecule has 2 rings (SSSR count). The number of hydrogen-bond donors (Lipinski definition) is 0. The Balaban J connectivity index is 2.15. The second kappa shape index (κ2) is 6.19. The van der Waals surface area contributed by atoms with Gasteiger partial charge in [0.2, 0.25) is 0 Å². The van der Waals surface area contributed by atoms with Gasteiger partial charge in [0.25, 0.3) is 0 Å². The summed E-state index contributed by atoms with van der Waals surface area (Å²) in [5.41, 5.74) is 2.87. The van der Waals surface area contributed by atoms with E-state index in [1.807, 2.05) is 67.5 Å². The Bertz CT molecular complexity index is 576. The normalized spacial score (nSPS) is 10.3. The van der Waals surface area contributed by atoms with Gasteiger partial charge < -0.3 is 4.90 Å². The summed E-state index contributed by atoms with van der Waals surface area (Å²) in [6, 6.07) is 15.8. The van der Waals surface area contributed by atoms with Crippen LogP contribution in [0, 0.1) is 3.57 Å². The van der Waals surface area contributed by atoms with Crippen molar-refractivity contribution in [3.8, 4) is 0 Å². The van der Waals surface area contributed by atoms with Crippen LogP contribution in [0.25, 0.3) is 0 Å². The molecular formula is C16H16INO. The molecule has 0 amide bonds. The van der Waals surface area contributed by atoms with Crippen molar-refractivity contribution >= 4 is 34.1 Å². The lowest BCUT2D eigenvalue weighted by Gasteiger charge is -2.13. The van der Waals surface area contributed by atoms with Gasteiger partial charge in [-0.1, -0.05) is 24.3 Å². The zero-order valence-electron chi connectivity index (χ0n) is 11.1. The van der Waals surface area contributed by atoms with E-state index in [-0.39, 0.29) is 5.78 Å². The minimum absolute atomic E-state index is 0.157. The molecule has 0 aliphatic heterocycles. The molecule has 0 unspecified atom stereocenters. The molecule has 98 valence electrons. The Hall–Kier alpha value is -1.36. The van der Waals surface area contributed by atoms with E-state index in [0.29, 0.717) is 6.42 Å². The minimum Gasteiger partial charge on any atom is -0.378 e. The van der Waals surface area contributed by atoms with E-state index in [0.717, 1.165) is 16.8 Å². The van der Waals surface area contributed by atoms with E-state index < -0.39 is 0 Å². The first-order valence-corrected chi connectivity index (χ1v) is 7.19. The Morgan fingerprint density at radius 2 is 1.79 bits per heavy atom. The van der Waals surface area contributed by atoms with Gasteiger partial charge in [0.1, 0.15) is 0 Å². The van der Waals surface area contributed by atoms with Crippen molar-refractivity contribution in [3.05, 3.63) is 63.2 Å². The zero-order chi connectivity index (χ0) is 13.8. The van der Waals surface area contributed by atoms with Gasteiger partial charge in [0, 0.05) is 35.3 Å². The smallest absolute Gasteiger partial charge is 0.167 e. The second-order valence-corrected chi connectivity index (χ2v) is 5.92. The number of carbonyl (C=O) groups excluding carboxylic acids is 1. The third-order valence-corrected chi connectivity index (χ3v) is 3.68. The summed E-state index contributed by atoms with van der Waals surface area (Å²) in [4.78, 5) is 14.3. The topological polar surface area (TPSA) is 20.3 Å². The average molecular weight is 365 g/mol. The van der Waals surface area contributed by atoms with Gasteiger partial charge in [-0.15, -0.1) is 0 Å². The van der Waals surface area contributed by atoms with Crippen LogP contribution >= 0.6 is 22.6 Å². The van der Waals surface area contributed by atoms with Gasteiger partial charge in [-0.25, -0.2) is 0 Å². The fraction of sp³-hybridized carbons (Fsp3) is 0.188. The van der Waals surface area contributed by atoms with Crippen LogP contribution in [0.15, 0.2) is 48.5 Å². The molecule has 19 heavy (non-hydrogen) atoms. The van der Waals surface area contributed by atoms with Gasteiger partial charge in [0.15, 0.2) is 5.78 Å². The first-order chi connectivity index (χ1) is 9.06. The highest BCUT2D eigenvalue weighted by Gasteiger charge is 2.08. The molecule has 0 fully saturated rings. The maximum atomic E-state index is 12.3. The van der Waals surface area contributed by atoms with Crippen molar-refractivity contribution < 1.29 is 4.79 Å². The molecule has 0 saturated heterocycles. The van der Waals surface area contributed by atoms with E-state index in [2.05, 4.69) is 22.6 Å². The molecule has 2 aromatic rings. The highest BCUT2D eigenvalue weighted by molar-refractivity contribution is 14.1. The van der Waals surface area contributed by atoms with Gasteiger partial charge >= 0.3 is 0 Å². The maximum absolute atomic E-state index is 12.3. The summed E-state index contributed by atoms with van der Waals surface area (Å²) < 4.78 is 1.18. The van der Waals surface area contributed by atoms with Crippen molar-refractivity contribution in [2.45, 2.75) is 6.42 Å². The molecule has 2 nitrogen and oxygen atoms in total. The summed E-state index contributed by atoms with van der Waals surface area (Å²) in [5.74, 6) is 0.157. The molecule has 0 aromatic heterocycles. The lowest BCUT2D eigenvalue weighted by Crippen LogP contribution is -2.10. The van der Waals surface area contributed by atoms with E-state index in [9.17, 15) is 4.79 Å². The van der Waals surface area contributed by atoms with Crippen molar-refractivity contribution in [2.24, 2.45) is 0 Å². The average Bonchev–Trinajstić information content (AvgIpc) is 2.41. The molecule has 0 N–H and O–H groups in total. The molecule has 0 atom stereocenters. The molecule has 3 heteroatoms. The number of anilines is 1. The number of hydrogen-bond acceptors (Lipinski definition) is 2. The van der Waals surface area contributed by atoms with Crippen molar-refractivity contribution in [1.82, 2.24) is 0 Å². The van der Waals surface area contributed by atoms with Crippen molar-refractivity contribution in [2.75, 3.05) is 19.0 Å². The lowest BCUT2D eigenvalue weighted by atomic mass is 10.0. The highest BCUT2D eigenvalue weighted by Crippen LogP contribution is 2.16. The molecular weight excluding hydrogens is 349 g/mol. The number of benzene rings is 2. The van der Waals surface area contributed by atoms with Crippen LogP contribution < -0.4 is 4.90 Å². The highest BCUT2D eigenvalue weighted by atomic mass is 127. The fourth-order valence-electron chi connectivity index (χ4n) is 1.85. The van der Waals surface area contributed by atoms with Crippen LogP contribution in [-0.2, 0) is 6.42 Å². The van der Waals surface area contributed by atoms with Crippen LogP contribution in [0.5, 0.6) is 0 Å². The SMILES string of the molecule is CN(C)c1cccc(C(=O)Cc2ccc(I)cc2)c1.